The van der Waals surface area contributed by atoms with Crippen molar-refractivity contribution in [2.45, 2.75) is 12.5 Å². The Hall–Kier alpha value is -3.66. The Morgan fingerprint density at radius 2 is 1.67 bits per heavy atom. The number of nitro benzene ring substituents is 1. The van der Waals surface area contributed by atoms with Crippen LogP contribution in [0.15, 0.2) is 83.5 Å². The number of para-hydroxylation sites is 1. The van der Waals surface area contributed by atoms with Gasteiger partial charge < -0.3 is 18.8 Å². The second kappa shape index (κ2) is 10.9. The molecule has 4 rings (SSSR count). The highest BCUT2D eigenvalue weighted by atomic mass is 79.9. The van der Waals surface area contributed by atoms with Crippen molar-refractivity contribution in [3.8, 4) is 11.5 Å². The fourth-order valence-corrected chi connectivity index (χ4v) is 5.29. The molecule has 1 unspecified atom stereocenters. The summed E-state index contributed by atoms with van der Waals surface area (Å²) < 4.78 is 31.1. The molecule has 12 heteroatoms. The highest BCUT2D eigenvalue weighted by Crippen LogP contribution is 2.46. The molecule has 36 heavy (non-hydrogen) atoms. The number of hydrogen-bond acceptors (Lipinski definition) is 7. The first kappa shape index (κ1) is 25.4. The van der Waals surface area contributed by atoms with Crippen LogP contribution in [0, 0.1) is 10.1 Å². The molecule has 186 valence electrons. The van der Waals surface area contributed by atoms with Gasteiger partial charge in [0, 0.05) is 40.1 Å². The van der Waals surface area contributed by atoms with E-state index in [-0.39, 0.29) is 23.6 Å². The summed E-state index contributed by atoms with van der Waals surface area (Å²) >= 11 is 3.33. The monoisotopic (exact) mass is 573 g/mol. The van der Waals surface area contributed by atoms with E-state index in [1.165, 1.54) is 31.4 Å². The maximum Gasteiger partial charge on any atom is 0.513 e. The molecule has 3 aromatic carbocycles. The molecule has 0 aliphatic carbocycles. The first-order chi connectivity index (χ1) is 17.3. The summed E-state index contributed by atoms with van der Waals surface area (Å²) in [5.74, 6) is -0.414. The summed E-state index contributed by atoms with van der Waals surface area (Å²) in [5, 5.41) is 14.6. The maximum atomic E-state index is 14.0. The molecule has 1 aromatic heterocycles. The zero-order valence-electron chi connectivity index (χ0n) is 18.9. The topological polar surface area (TPSA) is 133 Å². The van der Waals surface area contributed by atoms with E-state index >= 15 is 0 Å². The summed E-state index contributed by atoms with van der Waals surface area (Å²) in [7, 11) is -3.04. The molecule has 0 aliphatic heterocycles. The third-order valence-electron chi connectivity index (χ3n) is 5.21. The van der Waals surface area contributed by atoms with Gasteiger partial charge in [-0.15, -0.1) is 0 Å². The Morgan fingerprint density at radius 3 is 2.28 bits per heavy atom. The lowest BCUT2D eigenvalue weighted by Gasteiger charge is -2.24. The lowest BCUT2D eigenvalue weighted by Crippen LogP contribution is -2.39. The molecule has 0 amide bonds. The van der Waals surface area contributed by atoms with E-state index in [4.69, 9.17) is 13.8 Å². The highest BCUT2D eigenvalue weighted by Gasteiger charge is 2.36. The molecule has 0 saturated heterocycles. The second-order valence-electron chi connectivity index (χ2n) is 7.65. The molecule has 2 N–H and O–H groups in total. The van der Waals surface area contributed by atoms with Crippen LogP contribution in [0.3, 0.4) is 0 Å². The lowest BCUT2D eigenvalue weighted by atomic mass is 10.1. The number of carbonyl (C=O) groups excluding carboxylic acids is 1. The van der Waals surface area contributed by atoms with Crippen LogP contribution in [0.4, 0.5) is 5.69 Å². The number of nitrogens with zero attached hydrogens (tertiary/aromatic N) is 1. The first-order valence-electron chi connectivity index (χ1n) is 10.7. The summed E-state index contributed by atoms with van der Waals surface area (Å²) in [4.78, 5) is 26.3. The number of benzene rings is 3. The SMILES string of the molecule is COC(=O)[C@H](Cc1c[nH]c2ccccc12)NP(=O)(Oc1ccc(Br)cc1)Oc1ccc([N+](=O)[O-])cc1. The number of aromatic nitrogens is 1. The van der Waals surface area contributed by atoms with E-state index in [0.29, 0.717) is 0 Å². The van der Waals surface area contributed by atoms with Crippen LogP contribution in [-0.4, -0.2) is 29.0 Å². The highest BCUT2D eigenvalue weighted by molar-refractivity contribution is 9.10. The first-order valence-corrected chi connectivity index (χ1v) is 13.0. The summed E-state index contributed by atoms with van der Waals surface area (Å²) in [6.07, 6.45) is 1.88. The number of nitro groups is 1. The van der Waals surface area contributed by atoms with Gasteiger partial charge in [-0.3, -0.25) is 14.9 Å². The predicted octanol–water partition coefficient (Wildman–Crippen LogP) is 5.78. The molecular formula is C24H21BrN3O7P. The quantitative estimate of drug-likeness (QED) is 0.105. The average molecular weight is 574 g/mol. The van der Waals surface area contributed by atoms with Crippen molar-refractivity contribution in [3.05, 3.63) is 99.1 Å². The number of esters is 1. The van der Waals surface area contributed by atoms with Crippen molar-refractivity contribution >= 4 is 46.2 Å². The number of fused-ring (bicyclic) bond motifs is 1. The van der Waals surface area contributed by atoms with Gasteiger partial charge in [0.25, 0.3) is 5.69 Å². The number of H-pyrrole nitrogens is 1. The van der Waals surface area contributed by atoms with Crippen LogP contribution < -0.4 is 14.1 Å². The molecule has 0 saturated carbocycles. The Kier molecular flexibility index (Phi) is 7.73. The molecule has 0 aliphatic rings. The van der Waals surface area contributed by atoms with Gasteiger partial charge in [0.1, 0.15) is 17.5 Å². The van der Waals surface area contributed by atoms with Crippen molar-refractivity contribution in [3.63, 3.8) is 0 Å². The van der Waals surface area contributed by atoms with E-state index < -0.39 is 24.7 Å². The average Bonchev–Trinajstić information content (AvgIpc) is 3.27. The number of rotatable bonds is 10. The molecule has 2 atom stereocenters. The fraction of sp³-hybridized carbons (Fsp3) is 0.125. The van der Waals surface area contributed by atoms with Crippen LogP contribution in [0.2, 0.25) is 0 Å². The Morgan fingerprint density at radius 1 is 1.06 bits per heavy atom. The van der Waals surface area contributed by atoms with Crippen molar-refractivity contribution in [1.29, 1.82) is 0 Å². The number of aromatic amines is 1. The molecule has 0 radical (unpaired) electrons. The second-order valence-corrected chi connectivity index (χ2v) is 10.2. The van der Waals surface area contributed by atoms with E-state index in [1.807, 2.05) is 24.3 Å². The molecule has 4 aromatic rings. The van der Waals surface area contributed by atoms with Gasteiger partial charge in [-0.1, -0.05) is 34.1 Å². The largest absolute Gasteiger partial charge is 0.513 e. The van der Waals surface area contributed by atoms with Crippen molar-refractivity contribution in [1.82, 2.24) is 10.1 Å². The number of nitrogens with one attached hydrogen (secondary N) is 2. The van der Waals surface area contributed by atoms with Crippen molar-refractivity contribution < 1.29 is 28.1 Å². The Balaban J connectivity index is 1.65. The van der Waals surface area contributed by atoms with E-state index in [0.717, 1.165) is 20.9 Å². The minimum atomic E-state index is -4.27. The zero-order valence-corrected chi connectivity index (χ0v) is 21.4. The molecule has 10 nitrogen and oxygen atoms in total. The summed E-state index contributed by atoms with van der Waals surface area (Å²) in [5.41, 5.74) is 1.51. The van der Waals surface area contributed by atoms with Gasteiger partial charge in [-0.25, -0.2) is 4.57 Å². The Bertz CT molecular complexity index is 1420. The normalized spacial score (nSPS) is 13.5. The number of hydrogen-bond donors (Lipinski definition) is 2. The van der Waals surface area contributed by atoms with Crippen LogP contribution in [0.1, 0.15) is 5.56 Å². The number of halogens is 1. The number of carbonyl (C=O) groups is 1. The number of ether oxygens (including phenoxy) is 1. The molecule has 1 heterocycles. The van der Waals surface area contributed by atoms with Crippen LogP contribution in [0.25, 0.3) is 10.9 Å². The van der Waals surface area contributed by atoms with Gasteiger partial charge in [0.05, 0.1) is 12.0 Å². The minimum absolute atomic E-state index is 0.0456. The maximum absolute atomic E-state index is 14.0. The summed E-state index contributed by atoms with van der Waals surface area (Å²) in [6, 6.07) is 18.0. The smallest absolute Gasteiger partial charge is 0.468 e. The van der Waals surface area contributed by atoms with Crippen LogP contribution >= 0.6 is 23.7 Å². The third kappa shape index (κ3) is 6.12. The van der Waals surface area contributed by atoms with Crippen LogP contribution in [-0.2, 0) is 20.5 Å². The van der Waals surface area contributed by atoms with Gasteiger partial charge in [0.15, 0.2) is 0 Å². The molecular weight excluding hydrogens is 553 g/mol. The van der Waals surface area contributed by atoms with Gasteiger partial charge >= 0.3 is 13.7 Å². The molecule has 0 bridgehead atoms. The van der Waals surface area contributed by atoms with E-state index in [1.54, 1.807) is 30.5 Å². The van der Waals surface area contributed by atoms with E-state index in [9.17, 15) is 19.5 Å². The third-order valence-corrected chi connectivity index (χ3v) is 7.27. The van der Waals surface area contributed by atoms with Crippen molar-refractivity contribution in [2.24, 2.45) is 0 Å². The number of non-ortho nitro benzene ring substituents is 1. The van der Waals surface area contributed by atoms with Crippen LogP contribution in [0.5, 0.6) is 11.5 Å². The molecule has 0 spiro atoms. The van der Waals surface area contributed by atoms with Gasteiger partial charge in [-0.2, -0.15) is 5.09 Å². The lowest BCUT2D eigenvalue weighted by molar-refractivity contribution is -0.384. The predicted molar refractivity (Wildman–Crippen MR) is 137 cm³/mol. The standard InChI is InChI=1S/C24H21BrN3O7P/c1-33-24(29)23(14-16-15-26-22-5-3-2-4-21(16)22)27-36(32,34-19-10-6-17(25)7-11-19)35-20-12-8-18(9-13-20)28(30)31/h2-13,15,23,26H,14H2,1H3,(H,27,32)/t23-,36?/m0/s1. The molecule has 0 fully saturated rings. The minimum Gasteiger partial charge on any atom is -0.468 e. The van der Waals surface area contributed by atoms with Gasteiger partial charge in [0.2, 0.25) is 0 Å². The fourth-order valence-electron chi connectivity index (χ4n) is 3.51. The van der Waals surface area contributed by atoms with E-state index in [2.05, 4.69) is 26.0 Å². The van der Waals surface area contributed by atoms with Crippen molar-refractivity contribution in [2.75, 3.05) is 7.11 Å². The zero-order chi connectivity index (χ0) is 25.7. The summed E-state index contributed by atoms with van der Waals surface area (Å²) in [6.45, 7) is 0. The van der Waals surface area contributed by atoms with Gasteiger partial charge in [-0.05, 0) is 48.0 Å². The Labute approximate surface area is 214 Å². The number of methoxy groups -OCH3 is 1.